The molecule has 1 fully saturated rings. The molecule has 0 spiro atoms. The minimum absolute atomic E-state index is 0.00208. The van der Waals surface area contributed by atoms with E-state index in [9.17, 15) is 9.18 Å². The molecule has 1 aliphatic rings. The van der Waals surface area contributed by atoms with Gasteiger partial charge in [0.25, 0.3) is 5.91 Å². The van der Waals surface area contributed by atoms with E-state index in [0.29, 0.717) is 30.5 Å². The van der Waals surface area contributed by atoms with Crippen LogP contribution in [-0.2, 0) is 0 Å². The molecule has 2 aromatic heterocycles. The highest BCUT2D eigenvalue weighted by Crippen LogP contribution is 2.31. The summed E-state index contributed by atoms with van der Waals surface area (Å²) in [5.74, 6) is 0.838. The molecule has 0 atom stereocenters. The molecule has 0 saturated carbocycles. The number of piperidine rings is 1. The SMILES string of the molecule is COc1cc2[nH]c(C(=O)N3CCC(c4ccc(F)cc4)CC3)cc2cc1-n1cnc(C)c1. The van der Waals surface area contributed by atoms with Gasteiger partial charge in [-0.3, -0.25) is 4.79 Å². The maximum Gasteiger partial charge on any atom is 0.270 e. The first-order chi connectivity index (χ1) is 15.5. The number of likely N-dealkylation sites (tertiary alicyclic amines) is 1. The van der Waals surface area contributed by atoms with E-state index in [1.165, 1.54) is 12.1 Å². The molecule has 0 bridgehead atoms. The normalized spacial score (nSPS) is 14.8. The van der Waals surface area contributed by atoms with E-state index in [0.717, 1.165) is 40.7 Å². The fraction of sp³-hybridized carbons (Fsp3) is 0.280. The monoisotopic (exact) mass is 432 g/mol. The van der Waals surface area contributed by atoms with Crippen LogP contribution in [0, 0.1) is 12.7 Å². The number of imidazole rings is 1. The number of hydrogen-bond acceptors (Lipinski definition) is 3. The Labute approximate surface area is 185 Å². The summed E-state index contributed by atoms with van der Waals surface area (Å²) in [5, 5.41) is 0.941. The van der Waals surface area contributed by atoms with E-state index in [4.69, 9.17) is 4.74 Å². The minimum Gasteiger partial charge on any atom is -0.494 e. The largest absolute Gasteiger partial charge is 0.494 e. The molecule has 0 unspecified atom stereocenters. The summed E-state index contributed by atoms with van der Waals surface area (Å²) in [7, 11) is 1.63. The van der Waals surface area contributed by atoms with Gasteiger partial charge in [-0.2, -0.15) is 0 Å². The fourth-order valence-electron chi connectivity index (χ4n) is 4.50. The predicted molar refractivity (Wildman–Crippen MR) is 121 cm³/mol. The molecule has 164 valence electrons. The van der Waals surface area contributed by atoms with Crippen LogP contribution in [-0.4, -0.2) is 45.5 Å². The molecule has 0 aliphatic carbocycles. The standard InChI is InChI=1S/C25H25FN4O2/c1-16-14-30(15-27-16)23-12-19-11-22(28-21(19)13-24(23)32-2)25(31)29-9-7-18(8-10-29)17-3-5-20(26)6-4-17/h3-6,11-15,18,28H,7-10H2,1-2H3. The number of nitrogens with zero attached hydrogens (tertiary/aromatic N) is 3. The van der Waals surface area contributed by atoms with Crippen molar-refractivity contribution in [2.45, 2.75) is 25.7 Å². The molecule has 0 radical (unpaired) electrons. The molecule has 3 heterocycles. The number of aryl methyl sites for hydroxylation is 1. The molecule has 5 rings (SSSR count). The van der Waals surface area contributed by atoms with Crippen molar-refractivity contribution in [1.29, 1.82) is 0 Å². The van der Waals surface area contributed by atoms with E-state index >= 15 is 0 Å². The van der Waals surface area contributed by atoms with Gasteiger partial charge in [-0.1, -0.05) is 12.1 Å². The number of methoxy groups -OCH3 is 1. The highest BCUT2D eigenvalue weighted by atomic mass is 19.1. The minimum atomic E-state index is -0.219. The lowest BCUT2D eigenvalue weighted by molar-refractivity contribution is 0.0708. The zero-order chi connectivity index (χ0) is 22.2. The number of H-pyrrole nitrogens is 1. The third-order valence-electron chi connectivity index (χ3n) is 6.26. The first-order valence-electron chi connectivity index (χ1n) is 10.8. The third kappa shape index (κ3) is 3.75. The van der Waals surface area contributed by atoms with Crippen LogP contribution >= 0.6 is 0 Å². The van der Waals surface area contributed by atoms with Crippen LogP contribution in [0.25, 0.3) is 16.6 Å². The number of nitrogens with one attached hydrogen (secondary N) is 1. The number of carbonyl (C=O) groups excluding carboxylic acids is 1. The lowest BCUT2D eigenvalue weighted by Crippen LogP contribution is -2.38. The van der Waals surface area contributed by atoms with Crippen molar-refractivity contribution in [3.63, 3.8) is 0 Å². The van der Waals surface area contributed by atoms with Crippen molar-refractivity contribution in [1.82, 2.24) is 19.4 Å². The van der Waals surface area contributed by atoms with Crippen LogP contribution in [0.1, 0.15) is 40.5 Å². The Balaban J connectivity index is 1.35. The number of amides is 1. The second-order valence-electron chi connectivity index (χ2n) is 8.33. The summed E-state index contributed by atoms with van der Waals surface area (Å²) in [5.41, 5.74) is 4.35. The zero-order valence-electron chi connectivity index (χ0n) is 18.1. The second kappa shape index (κ2) is 8.15. The van der Waals surface area contributed by atoms with Crippen molar-refractivity contribution in [3.05, 3.63) is 77.8 Å². The Morgan fingerprint density at radius 1 is 1.16 bits per heavy atom. The van der Waals surface area contributed by atoms with Gasteiger partial charge in [-0.15, -0.1) is 0 Å². The first-order valence-corrected chi connectivity index (χ1v) is 10.8. The van der Waals surface area contributed by atoms with Gasteiger partial charge in [0, 0.05) is 36.3 Å². The predicted octanol–water partition coefficient (Wildman–Crippen LogP) is 4.83. The summed E-state index contributed by atoms with van der Waals surface area (Å²) in [6.07, 6.45) is 5.43. The van der Waals surface area contributed by atoms with Crippen molar-refractivity contribution < 1.29 is 13.9 Å². The molecule has 2 aromatic carbocycles. The van der Waals surface area contributed by atoms with Crippen molar-refractivity contribution in [2.75, 3.05) is 20.2 Å². The van der Waals surface area contributed by atoms with Gasteiger partial charge in [0.2, 0.25) is 0 Å². The molecular weight excluding hydrogens is 407 g/mol. The summed E-state index contributed by atoms with van der Waals surface area (Å²) in [6.45, 7) is 3.30. The average molecular weight is 432 g/mol. The Kier molecular flexibility index (Phi) is 5.17. The quantitative estimate of drug-likeness (QED) is 0.502. The maximum atomic E-state index is 13.2. The second-order valence-corrected chi connectivity index (χ2v) is 8.33. The van der Waals surface area contributed by atoms with Crippen molar-refractivity contribution >= 4 is 16.8 Å². The van der Waals surface area contributed by atoms with Gasteiger partial charge >= 0.3 is 0 Å². The van der Waals surface area contributed by atoms with Gasteiger partial charge in [0.05, 0.1) is 24.8 Å². The Hall–Kier alpha value is -3.61. The molecule has 7 heteroatoms. The lowest BCUT2D eigenvalue weighted by atomic mass is 9.89. The maximum absolute atomic E-state index is 13.2. The topological polar surface area (TPSA) is 63.2 Å². The number of benzene rings is 2. The number of carbonyl (C=O) groups is 1. The molecule has 1 saturated heterocycles. The molecule has 1 aliphatic heterocycles. The van der Waals surface area contributed by atoms with Gasteiger partial charge in [-0.05, 0) is 55.5 Å². The average Bonchev–Trinajstić information content (AvgIpc) is 3.44. The van der Waals surface area contributed by atoms with Crippen LogP contribution in [0.4, 0.5) is 4.39 Å². The Bertz CT molecular complexity index is 1270. The number of aromatic amines is 1. The van der Waals surface area contributed by atoms with Crippen molar-refractivity contribution in [3.8, 4) is 11.4 Å². The van der Waals surface area contributed by atoms with Crippen LogP contribution < -0.4 is 4.74 Å². The first kappa shape index (κ1) is 20.3. The van der Waals surface area contributed by atoms with Gasteiger partial charge in [0.15, 0.2) is 0 Å². The molecule has 4 aromatic rings. The van der Waals surface area contributed by atoms with E-state index in [-0.39, 0.29) is 11.7 Å². The molecule has 1 amide bonds. The number of halogens is 1. The van der Waals surface area contributed by atoms with Gasteiger partial charge in [-0.25, -0.2) is 9.37 Å². The summed E-state index contributed by atoms with van der Waals surface area (Å²) in [6, 6.07) is 12.5. The summed E-state index contributed by atoms with van der Waals surface area (Å²) < 4.78 is 20.7. The Morgan fingerprint density at radius 3 is 2.56 bits per heavy atom. The highest BCUT2D eigenvalue weighted by Gasteiger charge is 2.25. The Morgan fingerprint density at radius 2 is 1.91 bits per heavy atom. The number of hydrogen-bond donors (Lipinski definition) is 1. The molecule has 1 N–H and O–H groups in total. The van der Waals surface area contributed by atoms with Gasteiger partial charge < -0.3 is 19.2 Å². The fourth-order valence-corrected chi connectivity index (χ4v) is 4.50. The number of rotatable bonds is 4. The van der Waals surface area contributed by atoms with E-state index < -0.39 is 0 Å². The molecule has 6 nitrogen and oxygen atoms in total. The third-order valence-corrected chi connectivity index (χ3v) is 6.26. The van der Waals surface area contributed by atoms with Crippen LogP contribution in [0.2, 0.25) is 0 Å². The van der Waals surface area contributed by atoms with Gasteiger partial charge in [0.1, 0.15) is 17.3 Å². The van der Waals surface area contributed by atoms with Crippen LogP contribution in [0.3, 0.4) is 0 Å². The highest BCUT2D eigenvalue weighted by molar-refractivity contribution is 5.99. The number of ether oxygens (including phenoxy) is 1. The summed E-state index contributed by atoms with van der Waals surface area (Å²) >= 11 is 0. The van der Waals surface area contributed by atoms with Crippen LogP contribution in [0.5, 0.6) is 5.75 Å². The molecule has 32 heavy (non-hydrogen) atoms. The number of fused-ring (bicyclic) bond motifs is 1. The van der Waals surface area contributed by atoms with Crippen molar-refractivity contribution in [2.24, 2.45) is 0 Å². The van der Waals surface area contributed by atoms with E-state index in [1.807, 2.05) is 52.9 Å². The van der Waals surface area contributed by atoms with E-state index in [2.05, 4.69) is 9.97 Å². The molecular formula is C25H25FN4O2. The van der Waals surface area contributed by atoms with E-state index in [1.54, 1.807) is 13.4 Å². The number of aromatic nitrogens is 3. The van der Waals surface area contributed by atoms with Crippen LogP contribution in [0.15, 0.2) is 55.0 Å². The zero-order valence-corrected chi connectivity index (χ0v) is 18.1. The smallest absolute Gasteiger partial charge is 0.270 e. The summed E-state index contributed by atoms with van der Waals surface area (Å²) in [4.78, 5) is 22.6. The lowest BCUT2D eigenvalue weighted by Gasteiger charge is -2.32.